The van der Waals surface area contributed by atoms with E-state index in [9.17, 15) is 4.39 Å². The van der Waals surface area contributed by atoms with Crippen LogP contribution in [0.3, 0.4) is 0 Å². The summed E-state index contributed by atoms with van der Waals surface area (Å²) in [4.78, 5) is 4.17. The first-order chi connectivity index (χ1) is 9.78. The van der Waals surface area contributed by atoms with E-state index in [0.717, 1.165) is 22.3 Å². The van der Waals surface area contributed by atoms with Gasteiger partial charge in [0.25, 0.3) is 0 Å². The van der Waals surface area contributed by atoms with E-state index in [2.05, 4.69) is 4.98 Å². The third-order valence-electron chi connectivity index (χ3n) is 3.09. The van der Waals surface area contributed by atoms with Gasteiger partial charge in [0.15, 0.2) is 5.95 Å². The highest BCUT2D eigenvalue weighted by Crippen LogP contribution is 2.21. The molecule has 0 unspecified atom stereocenters. The predicted octanol–water partition coefficient (Wildman–Crippen LogP) is 3.97. The zero-order valence-electron chi connectivity index (χ0n) is 11.0. The summed E-state index contributed by atoms with van der Waals surface area (Å²) in [5.74, 6) is 0.375. The number of para-hydroxylation sites is 2. The Bertz CT molecular complexity index is 760. The van der Waals surface area contributed by atoms with E-state index in [1.165, 1.54) is 17.0 Å². The molecule has 0 fully saturated rings. The van der Waals surface area contributed by atoms with Crippen LogP contribution in [0.15, 0.2) is 54.9 Å². The van der Waals surface area contributed by atoms with E-state index >= 15 is 0 Å². The number of fused-ring (bicyclic) bond motifs is 1. The van der Waals surface area contributed by atoms with Gasteiger partial charge in [-0.2, -0.15) is 4.39 Å². The van der Waals surface area contributed by atoms with Crippen LogP contribution in [-0.4, -0.2) is 16.7 Å². The van der Waals surface area contributed by atoms with Crippen molar-refractivity contribution < 1.29 is 9.13 Å². The van der Waals surface area contributed by atoms with Gasteiger partial charge < -0.3 is 4.74 Å². The van der Waals surface area contributed by atoms with Gasteiger partial charge in [0.2, 0.25) is 0 Å². The van der Waals surface area contributed by atoms with Crippen molar-refractivity contribution in [3.05, 3.63) is 60.4 Å². The molecule has 1 aromatic heterocycles. The minimum absolute atomic E-state index is 0.371. The summed E-state index contributed by atoms with van der Waals surface area (Å²) < 4.78 is 20.8. The molecule has 1 heterocycles. The molecule has 0 bridgehead atoms. The van der Waals surface area contributed by atoms with Gasteiger partial charge in [0.1, 0.15) is 12.1 Å². The van der Waals surface area contributed by atoms with Crippen LogP contribution in [0.2, 0.25) is 0 Å². The van der Waals surface area contributed by atoms with E-state index in [1.54, 1.807) is 31.4 Å². The molecule has 0 saturated carbocycles. The standard InChI is InChI=1S/C16H13FN2O/c1-20-13-8-6-12(7-9-13)10-16(17)19-11-18-14-4-2-3-5-15(14)19/h2-11H,1H3/b16-10+. The summed E-state index contributed by atoms with van der Waals surface area (Å²) >= 11 is 0. The average molecular weight is 268 g/mol. The largest absolute Gasteiger partial charge is 0.497 e. The maximum Gasteiger partial charge on any atom is 0.200 e. The number of hydrogen-bond donors (Lipinski definition) is 0. The normalized spacial score (nSPS) is 11.8. The summed E-state index contributed by atoms with van der Waals surface area (Å²) in [7, 11) is 1.60. The van der Waals surface area contributed by atoms with Crippen molar-refractivity contribution in [2.45, 2.75) is 0 Å². The van der Waals surface area contributed by atoms with Crippen LogP contribution in [-0.2, 0) is 0 Å². The molecule has 0 aliphatic rings. The fourth-order valence-corrected chi connectivity index (χ4v) is 2.04. The Hall–Kier alpha value is -2.62. The van der Waals surface area contributed by atoms with Crippen LogP contribution >= 0.6 is 0 Å². The van der Waals surface area contributed by atoms with Crippen LogP contribution in [0, 0.1) is 0 Å². The number of methoxy groups -OCH3 is 1. The highest BCUT2D eigenvalue weighted by atomic mass is 19.1. The molecule has 2 aromatic carbocycles. The van der Waals surface area contributed by atoms with Crippen molar-refractivity contribution in [2.24, 2.45) is 0 Å². The van der Waals surface area contributed by atoms with Gasteiger partial charge in [-0.3, -0.25) is 4.57 Å². The Morgan fingerprint density at radius 2 is 1.90 bits per heavy atom. The molecule has 20 heavy (non-hydrogen) atoms. The summed E-state index contributed by atoms with van der Waals surface area (Å²) in [6, 6.07) is 14.6. The van der Waals surface area contributed by atoms with Crippen molar-refractivity contribution in [3.63, 3.8) is 0 Å². The Morgan fingerprint density at radius 1 is 1.15 bits per heavy atom. The predicted molar refractivity (Wildman–Crippen MR) is 78.0 cm³/mol. The van der Waals surface area contributed by atoms with Crippen molar-refractivity contribution in [3.8, 4) is 5.75 Å². The first kappa shape index (κ1) is 12.4. The first-order valence-corrected chi connectivity index (χ1v) is 6.21. The second-order valence-electron chi connectivity index (χ2n) is 4.34. The zero-order chi connectivity index (χ0) is 13.9. The third kappa shape index (κ3) is 2.28. The van der Waals surface area contributed by atoms with E-state index in [0.29, 0.717) is 0 Å². The van der Waals surface area contributed by atoms with Gasteiger partial charge in [0, 0.05) is 0 Å². The number of aromatic nitrogens is 2. The lowest BCUT2D eigenvalue weighted by molar-refractivity contribution is 0.415. The molecule has 0 atom stereocenters. The fraction of sp³-hybridized carbons (Fsp3) is 0.0625. The Labute approximate surface area is 115 Å². The third-order valence-corrected chi connectivity index (χ3v) is 3.09. The summed E-state index contributed by atoms with van der Waals surface area (Å²) in [5.41, 5.74) is 2.28. The average Bonchev–Trinajstić information content (AvgIpc) is 2.92. The monoisotopic (exact) mass is 268 g/mol. The Morgan fingerprint density at radius 3 is 2.65 bits per heavy atom. The molecule has 100 valence electrons. The molecular weight excluding hydrogens is 255 g/mol. The van der Waals surface area contributed by atoms with Gasteiger partial charge in [-0.25, -0.2) is 4.98 Å². The highest BCUT2D eigenvalue weighted by molar-refractivity contribution is 5.81. The highest BCUT2D eigenvalue weighted by Gasteiger charge is 2.05. The number of halogens is 1. The lowest BCUT2D eigenvalue weighted by atomic mass is 10.2. The summed E-state index contributed by atoms with van der Waals surface area (Å²) in [6.45, 7) is 0. The maximum absolute atomic E-state index is 14.3. The quantitative estimate of drug-likeness (QED) is 0.718. The van der Waals surface area contributed by atoms with E-state index in [4.69, 9.17) is 4.74 Å². The minimum atomic E-state index is -0.371. The van der Waals surface area contributed by atoms with Gasteiger partial charge in [-0.1, -0.05) is 24.3 Å². The van der Waals surface area contributed by atoms with Crippen LogP contribution in [0.4, 0.5) is 4.39 Å². The number of ether oxygens (including phenoxy) is 1. The minimum Gasteiger partial charge on any atom is -0.497 e. The van der Waals surface area contributed by atoms with Gasteiger partial charge in [-0.15, -0.1) is 0 Å². The lowest BCUT2D eigenvalue weighted by Crippen LogP contribution is -1.90. The molecular formula is C16H13FN2O. The molecule has 0 N–H and O–H groups in total. The van der Waals surface area contributed by atoms with Crippen LogP contribution in [0.1, 0.15) is 5.56 Å². The summed E-state index contributed by atoms with van der Waals surface area (Å²) in [5, 5.41) is 0. The zero-order valence-corrected chi connectivity index (χ0v) is 11.0. The van der Waals surface area contributed by atoms with Crippen molar-refractivity contribution in [2.75, 3.05) is 7.11 Å². The Kier molecular flexibility index (Phi) is 3.21. The lowest BCUT2D eigenvalue weighted by Gasteiger charge is -2.02. The SMILES string of the molecule is COc1ccc(/C=C(\F)n2cnc3ccccc32)cc1. The van der Waals surface area contributed by atoms with Gasteiger partial charge >= 0.3 is 0 Å². The van der Waals surface area contributed by atoms with E-state index in [-0.39, 0.29) is 5.95 Å². The van der Waals surface area contributed by atoms with Crippen LogP contribution in [0.25, 0.3) is 23.1 Å². The molecule has 0 spiro atoms. The maximum atomic E-state index is 14.3. The fourth-order valence-electron chi connectivity index (χ4n) is 2.04. The molecule has 0 amide bonds. The molecule has 0 radical (unpaired) electrons. The second-order valence-corrected chi connectivity index (χ2v) is 4.34. The number of rotatable bonds is 3. The van der Waals surface area contributed by atoms with Gasteiger partial charge in [0.05, 0.1) is 18.1 Å². The van der Waals surface area contributed by atoms with Crippen LogP contribution < -0.4 is 4.74 Å². The van der Waals surface area contributed by atoms with Gasteiger partial charge in [-0.05, 0) is 35.9 Å². The molecule has 4 heteroatoms. The molecule has 0 aliphatic heterocycles. The second kappa shape index (κ2) is 5.17. The topological polar surface area (TPSA) is 27.1 Å². The first-order valence-electron chi connectivity index (χ1n) is 6.21. The van der Waals surface area contributed by atoms with Crippen LogP contribution in [0.5, 0.6) is 5.75 Å². The number of nitrogens with zero attached hydrogens (tertiary/aromatic N) is 2. The van der Waals surface area contributed by atoms with Crippen molar-refractivity contribution >= 4 is 23.1 Å². The number of hydrogen-bond acceptors (Lipinski definition) is 2. The Balaban J connectivity index is 1.98. The van der Waals surface area contributed by atoms with Crippen molar-refractivity contribution in [1.29, 1.82) is 0 Å². The number of benzene rings is 2. The number of imidazole rings is 1. The van der Waals surface area contributed by atoms with E-state index < -0.39 is 0 Å². The molecule has 3 aromatic rings. The van der Waals surface area contributed by atoms with Crippen molar-refractivity contribution in [1.82, 2.24) is 9.55 Å². The molecule has 3 rings (SSSR count). The molecule has 3 nitrogen and oxygen atoms in total. The van der Waals surface area contributed by atoms with E-state index in [1.807, 2.05) is 24.3 Å². The smallest absolute Gasteiger partial charge is 0.200 e. The molecule has 0 saturated heterocycles. The summed E-state index contributed by atoms with van der Waals surface area (Å²) in [6.07, 6.45) is 2.95. The molecule has 0 aliphatic carbocycles.